The third-order valence-corrected chi connectivity index (χ3v) is 2.66. The normalized spacial score (nSPS) is 22.4. The first-order valence-electron chi connectivity index (χ1n) is 5.13. The molecule has 0 spiro atoms. The van der Waals surface area contributed by atoms with Crippen molar-refractivity contribution in [3.05, 3.63) is 18.0 Å². The zero-order valence-electron chi connectivity index (χ0n) is 8.16. The number of rotatable bonds is 3. The molecule has 3 nitrogen and oxygen atoms in total. The summed E-state index contributed by atoms with van der Waals surface area (Å²) in [5.74, 6) is 0. The van der Waals surface area contributed by atoms with Crippen LogP contribution in [0.15, 0.2) is 12.4 Å². The minimum atomic E-state index is 0.689. The van der Waals surface area contributed by atoms with E-state index in [2.05, 4.69) is 23.5 Å². The average Bonchev–Trinajstić information content (AvgIpc) is 2.76. The van der Waals surface area contributed by atoms with Crippen molar-refractivity contribution in [2.24, 2.45) is 0 Å². The van der Waals surface area contributed by atoms with Crippen LogP contribution in [-0.2, 0) is 13.0 Å². The number of hydrogen-bond donors (Lipinski definition) is 1. The Balaban J connectivity index is 1.92. The molecule has 0 amide bonds. The van der Waals surface area contributed by atoms with Gasteiger partial charge in [-0.3, -0.25) is 4.68 Å². The fraction of sp³-hybridized carbons (Fsp3) is 0.700. The molecule has 2 rings (SSSR count). The minimum absolute atomic E-state index is 0.689. The Morgan fingerprint density at radius 2 is 2.62 bits per heavy atom. The first-order chi connectivity index (χ1) is 6.38. The number of aromatic nitrogens is 2. The summed E-state index contributed by atoms with van der Waals surface area (Å²) in [4.78, 5) is 0. The third kappa shape index (κ3) is 2.10. The standard InChI is InChI=1S/C10H17N3/c1-2-13-8-9(7-12-13)6-10-4-3-5-11-10/h7-8,10-11H,2-6H2,1H3/t10-/m0/s1. The summed E-state index contributed by atoms with van der Waals surface area (Å²) in [6, 6.07) is 0.689. The van der Waals surface area contributed by atoms with E-state index in [1.807, 2.05) is 10.9 Å². The van der Waals surface area contributed by atoms with Gasteiger partial charge < -0.3 is 5.32 Å². The summed E-state index contributed by atoms with van der Waals surface area (Å²) >= 11 is 0. The summed E-state index contributed by atoms with van der Waals surface area (Å²) in [6.07, 6.45) is 7.92. The van der Waals surface area contributed by atoms with Crippen molar-refractivity contribution in [3.63, 3.8) is 0 Å². The Kier molecular flexibility index (Phi) is 2.64. The summed E-state index contributed by atoms with van der Waals surface area (Å²) in [5.41, 5.74) is 1.36. The highest BCUT2D eigenvalue weighted by molar-refractivity contribution is 5.06. The monoisotopic (exact) mass is 179 g/mol. The molecular formula is C10H17N3. The largest absolute Gasteiger partial charge is 0.314 e. The molecule has 0 aromatic carbocycles. The van der Waals surface area contributed by atoms with E-state index in [9.17, 15) is 0 Å². The van der Waals surface area contributed by atoms with Crippen molar-refractivity contribution < 1.29 is 0 Å². The second-order valence-corrected chi connectivity index (χ2v) is 3.70. The van der Waals surface area contributed by atoms with Crippen LogP contribution < -0.4 is 5.32 Å². The van der Waals surface area contributed by atoms with Crippen molar-refractivity contribution in [3.8, 4) is 0 Å². The summed E-state index contributed by atoms with van der Waals surface area (Å²) in [6.45, 7) is 4.27. The van der Waals surface area contributed by atoms with Crippen LogP contribution in [0.5, 0.6) is 0 Å². The fourth-order valence-corrected chi connectivity index (χ4v) is 1.90. The Morgan fingerprint density at radius 3 is 3.23 bits per heavy atom. The molecule has 0 bridgehead atoms. The Morgan fingerprint density at radius 1 is 1.69 bits per heavy atom. The second kappa shape index (κ2) is 3.92. The van der Waals surface area contributed by atoms with Crippen molar-refractivity contribution >= 4 is 0 Å². The van der Waals surface area contributed by atoms with Crippen LogP contribution in [0.3, 0.4) is 0 Å². The maximum absolute atomic E-state index is 4.27. The minimum Gasteiger partial charge on any atom is -0.314 e. The molecule has 1 aliphatic heterocycles. The number of nitrogens with zero attached hydrogens (tertiary/aromatic N) is 2. The first kappa shape index (κ1) is 8.75. The maximum atomic E-state index is 4.27. The van der Waals surface area contributed by atoms with Crippen LogP contribution in [0.25, 0.3) is 0 Å². The lowest BCUT2D eigenvalue weighted by atomic mass is 10.1. The van der Waals surface area contributed by atoms with E-state index in [4.69, 9.17) is 0 Å². The maximum Gasteiger partial charge on any atom is 0.0522 e. The van der Waals surface area contributed by atoms with Gasteiger partial charge in [0, 0.05) is 18.8 Å². The topological polar surface area (TPSA) is 29.9 Å². The summed E-state index contributed by atoms with van der Waals surface area (Å²) in [5, 5.41) is 7.76. The summed E-state index contributed by atoms with van der Waals surface area (Å²) < 4.78 is 1.99. The van der Waals surface area contributed by atoms with Crippen LogP contribution >= 0.6 is 0 Å². The van der Waals surface area contributed by atoms with Crippen LogP contribution in [0, 0.1) is 0 Å². The van der Waals surface area contributed by atoms with Gasteiger partial charge in [-0.1, -0.05) is 0 Å². The van der Waals surface area contributed by atoms with Gasteiger partial charge in [0.05, 0.1) is 6.20 Å². The quantitative estimate of drug-likeness (QED) is 0.755. The second-order valence-electron chi connectivity index (χ2n) is 3.70. The molecule has 1 aromatic heterocycles. The molecular weight excluding hydrogens is 162 g/mol. The Labute approximate surface area is 79.1 Å². The van der Waals surface area contributed by atoms with Crippen LogP contribution in [-0.4, -0.2) is 22.4 Å². The Hall–Kier alpha value is -0.830. The lowest BCUT2D eigenvalue weighted by molar-refractivity contribution is 0.601. The molecule has 13 heavy (non-hydrogen) atoms. The molecule has 2 heterocycles. The summed E-state index contributed by atoms with van der Waals surface area (Å²) in [7, 11) is 0. The molecule has 3 heteroatoms. The Bertz CT molecular complexity index is 261. The van der Waals surface area contributed by atoms with Gasteiger partial charge in [-0.05, 0) is 38.3 Å². The van der Waals surface area contributed by atoms with E-state index in [1.54, 1.807) is 0 Å². The molecule has 72 valence electrons. The van der Waals surface area contributed by atoms with Crippen LogP contribution in [0.4, 0.5) is 0 Å². The van der Waals surface area contributed by atoms with Gasteiger partial charge in [0.25, 0.3) is 0 Å². The zero-order chi connectivity index (χ0) is 9.10. The van der Waals surface area contributed by atoms with Crippen molar-refractivity contribution in [1.29, 1.82) is 0 Å². The highest BCUT2D eigenvalue weighted by Gasteiger charge is 2.14. The predicted octanol–water partition coefficient (Wildman–Crippen LogP) is 1.20. The zero-order valence-corrected chi connectivity index (χ0v) is 8.16. The van der Waals surface area contributed by atoms with Gasteiger partial charge in [0.2, 0.25) is 0 Å². The molecule has 0 aliphatic carbocycles. The van der Waals surface area contributed by atoms with E-state index in [0.717, 1.165) is 13.0 Å². The lowest BCUT2D eigenvalue weighted by Gasteiger charge is -2.06. The van der Waals surface area contributed by atoms with Gasteiger partial charge in [-0.15, -0.1) is 0 Å². The fourth-order valence-electron chi connectivity index (χ4n) is 1.90. The van der Waals surface area contributed by atoms with E-state index in [1.165, 1.54) is 24.9 Å². The van der Waals surface area contributed by atoms with E-state index >= 15 is 0 Å². The number of aryl methyl sites for hydroxylation is 1. The molecule has 1 saturated heterocycles. The predicted molar refractivity (Wildman–Crippen MR) is 52.6 cm³/mol. The van der Waals surface area contributed by atoms with Crippen molar-refractivity contribution in [1.82, 2.24) is 15.1 Å². The molecule has 0 radical (unpaired) electrons. The molecule has 0 unspecified atom stereocenters. The molecule has 1 aliphatic rings. The van der Waals surface area contributed by atoms with Gasteiger partial charge in [-0.2, -0.15) is 5.10 Å². The SMILES string of the molecule is CCn1cc(C[C@@H]2CCCN2)cn1. The highest BCUT2D eigenvalue weighted by atomic mass is 15.3. The molecule has 1 fully saturated rings. The lowest BCUT2D eigenvalue weighted by Crippen LogP contribution is -2.23. The van der Waals surface area contributed by atoms with Crippen LogP contribution in [0.2, 0.25) is 0 Å². The van der Waals surface area contributed by atoms with E-state index < -0.39 is 0 Å². The first-order valence-corrected chi connectivity index (χ1v) is 5.13. The van der Waals surface area contributed by atoms with Crippen molar-refractivity contribution in [2.45, 2.75) is 38.8 Å². The molecule has 1 N–H and O–H groups in total. The van der Waals surface area contributed by atoms with Gasteiger partial charge in [0.15, 0.2) is 0 Å². The van der Waals surface area contributed by atoms with Gasteiger partial charge in [-0.25, -0.2) is 0 Å². The number of nitrogens with one attached hydrogen (secondary N) is 1. The van der Waals surface area contributed by atoms with Gasteiger partial charge in [0.1, 0.15) is 0 Å². The average molecular weight is 179 g/mol. The van der Waals surface area contributed by atoms with Crippen LogP contribution in [0.1, 0.15) is 25.3 Å². The van der Waals surface area contributed by atoms with E-state index in [0.29, 0.717) is 6.04 Å². The third-order valence-electron chi connectivity index (χ3n) is 2.66. The molecule has 1 atom stereocenters. The highest BCUT2D eigenvalue weighted by Crippen LogP contribution is 2.11. The van der Waals surface area contributed by atoms with E-state index in [-0.39, 0.29) is 0 Å². The molecule has 1 aromatic rings. The van der Waals surface area contributed by atoms with Crippen molar-refractivity contribution in [2.75, 3.05) is 6.54 Å². The molecule has 0 saturated carbocycles. The smallest absolute Gasteiger partial charge is 0.0522 e. The van der Waals surface area contributed by atoms with Gasteiger partial charge >= 0.3 is 0 Å². The number of hydrogen-bond acceptors (Lipinski definition) is 2.